The average Bonchev–Trinajstić information content (AvgIpc) is 2.42. The first-order valence-electron chi connectivity index (χ1n) is 6.40. The molecule has 5 heteroatoms. The van der Waals surface area contributed by atoms with Gasteiger partial charge in [0.25, 0.3) is 5.91 Å². The van der Waals surface area contributed by atoms with Gasteiger partial charge < -0.3 is 10.1 Å². The van der Waals surface area contributed by atoms with Crippen molar-refractivity contribution in [3.63, 3.8) is 0 Å². The van der Waals surface area contributed by atoms with Gasteiger partial charge in [-0.1, -0.05) is 28.8 Å². The fourth-order valence-corrected chi connectivity index (χ4v) is 3.45. The monoisotopic (exact) mass is 389 g/mol. The molecule has 0 aromatic heterocycles. The van der Waals surface area contributed by atoms with E-state index in [1.54, 1.807) is 13.2 Å². The van der Waals surface area contributed by atoms with E-state index in [4.69, 9.17) is 4.74 Å². The number of alkyl halides is 1. The lowest BCUT2D eigenvalue weighted by molar-refractivity contribution is 0.0928. The molecule has 1 fully saturated rings. The van der Waals surface area contributed by atoms with E-state index in [0.29, 0.717) is 16.1 Å². The summed E-state index contributed by atoms with van der Waals surface area (Å²) in [7, 11) is 1.60. The van der Waals surface area contributed by atoms with E-state index in [2.05, 4.69) is 37.2 Å². The molecule has 2 rings (SSSR count). The van der Waals surface area contributed by atoms with Crippen LogP contribution >= 0.6 is 31.9 Å². The van der Waals surface area contributed by atoms with E-state index >= 15 is 0 Å². The Kier molecular flexibility index (Phi) is 5.28. The van der Waals surface area contributed by atoms with Gasteiger partial charge in [-0.05, 0) is 47.0 Å². The Hall–Kier alpha value is -0.550. The largest absolute Gasteiger partial charge is 0.497 e. The molecule has 0 radical (unpaired) electrons. The SMILES string of the molecule is COc1ccc(Br)c(C(=O)NC2CCCCC2Br)c1. The van der Waals surface area contributed by atoms with E-state index in [1.807, 2.05) is 12.1 Å². The minimum absolute atomic E-state index is 0.0536. The molecule has 2 unspecified atom stereocenters. The molecule has 1 aliphatic rings. The number of halogens is 2. The third-order valence-corrected chi connectivity index (χ3v) is 5.20. The molecule has 1 aromatic carbocycles. The van der Waals surface area contributed by atoms with E-state index in [9.17, 15) is 4.79 Å². The number of hydrogen-bond donors (Lipinski definition) is 1. The van der Waals surface area contributed by atoms with Crippen LogP contribution in [-0.4, -0.2) is 23.9 Å². The van der Waals surface area contributed by atoms with Crippen molar-refractivity contribution in [1.29, 1.82) is 0 Å². The number of nitrogens with one attached hydrogen (secondary N) is 1. The molecule has 1 aromatic rings. The summed E-state index contributed by atoms with van der Waals surface area (Å²) in [6, 6.07) is 5.62. The van der Waals surface area contributed by atoms with Gasteiger partial charge in [0.15, 0.2) is 0 Å². The van der Waals surface area contributed by atoms with Gasteiger partial charge in [0.05, 0.1) is 12.7 Å². The van der Waals surface area contributed by atoms with Crippen LogP contribution in [0.1, 0.15) is 36.0 Å². The van der Waals surface area contributed by atoms with Crippen molar-refractivity contribution in [2.45, 2.75) is 36.6 Å². The molecule has 1 amide bonds. The van der Waals surface area contributed by atoms with Crippen LogP contribution in [0.2, 0.25) is 0 Å². The Morgan fingerprint density at radius 3 is 2.79 bits per heavy atom. The fraction of sp³-hybridized carbons (Fsp3) is 0.500. The molecule has 1 N–H and O–H groups in total. The number of rotatable bonds is 3. The highest BCUT2D eigenvalue weighted by molar-refractivity contribution is 9.10. The standard InChI is InChI=1S/C14H17Br2NO2/c1-19-9-6-7-11(15)10(8-9)14(18)17-13-5-3-2-4-12(13)16/h6-8,12-13H,2-5H2,1H3,(H,17,18). The quantitative estimate of drug-likeness (QED) is 0.795. The van der Waals surface area contributed by atoms with Gasteiger partial charge in [0.1, 0.15) is 5.75 Å². The highest BCUT2D eigenvalue weighted by Gasteiger charge is 2.25. The number of carbonyl (C=O) groups is 1. The first kappa shape index (κ1) is 14.9. The van der Waals surface area contributed by atoms with Crippen molar-refractivity contribution in [3.05, 3.63) is 28.2 Å². The second kappa shape index (κ2) is 6.75. The Morgan fingerprint density at radius 1 is 1.37 bits per heavy atom. The van der Waals surface area contributed by atoms with Crippen LogP contribution in [0.25, 0.3) is 0 Å². The van der Waals surface area contributed by atoms with Crippen LogP contribution in [0.5, 0.6) is 5.75 Å². The van der Waals surface area contributed by atoms with Gasteiger partial charge >= 0.3 is 0 Å². The summed E-state index contributed by atoms with van der Waals surface area (Å²) in [5.74, 6) is 0.634. The molecule has 1 saturated carbocycles. The number of ether oxygens (including phenoxy) is 1. The van der Waals surface area contributed by atoms with Crippen LogP contribution in [-0.2, 0) is 0 Å². The van der Waals surface area contributed by atoms with Crippen molar-refractivity contribution in [2.24, 2.45) is 0 Å². The van der Waals surface area contributed by atoms with Crippen LogP contribution in [0, 0.1) is 0 Å². The summed E-state index contributed by atoms with van der Waals surface area (Å²) in [4.78, 5) is 12.7. The van der Waals surface area contributed by atoms with E-state index < -0.39 is 0 Å². The second-order valence-corrected chi connectivity index (χ2v) is 6.76. The number of benzene rings is 1. The normalized spacial score (nSPS) is 22.9. The van der Waals surface area contributed by atoms with E-state index in [-0.39, 0.29) is 11.9 Å². The van der Waals surface area contributed by atoms with Gasteiger partial charge in [0, 0.05) is 15.3 Å². The maximum Gasteiger partial charge on any atom is 0.252 e. The maximum absolute atomic E-state index is 12.3. The number of hydrogen-bond acceptors (Lipinski definition) is 2. The summed E-state index contributed by atoms with van der Waals surface area (Å²) in [6.07, 6.45) is 4.55. The lowest BCUT2D eigenvalue weighted by atomic mass is 9.95. The maximum atomic E-state index is 12.3. The Morgan fingerprint density at radius 2 is 2.11 bits per heavy atom. The van der Waals surface area contributed by atoms with Crippen LogP contribution in [0.4, 0.5) is 0 Å². The summed E-state index contributed by atoms with van der Waals surface area (Å²) in [6.45, 7) is 0. The summed E-state index contributed by atoms with van der Waals surface area (Å²) in [5, 5.41) is 3.11. The zero-order valence-electron chi connectivity index (χ0n) is 10.8. The topological polar surface area (TPSA) is 38.3 Å². The molecule has 1 aliphatic carbocycles. The molecule has 104 valence electrons. The van der Waals surface area contributed by atoms with Crippen molar-refractivity contribution in [3.8, 4) is 5.75 Å². The van der Waals surface area contributed by atoms with E-state index in [0.717, 1.165) is 17.3 Å². The molecule has 0 spiro atoms. The molecule has 19 heavy (non-hydrogen) atoms. The number of methoxy groups -OCH3 is 1. The summed E-state index contributed by atoms with van der Waals surface area (Å²) >= 11 is 7.06. The van der Waals surface area contributed by atoms with E-state index in [1.165, 1.54) is 12.8 Å². The minimum atomic E-state index is -0.0536. The zero-order chi connectivity index (χ0) is 13.8. The lowest BCUT2D eigenvalue weighted by Gasteiger charge is -2.28. The molecule has 0 aliphatic heterocycles. The summed E-state index contributed by atoms with van der Waals surface area (Å²) in [5.41, 5.74) is 0.615. The average molecular weight is 391 g/mol. The smallest absolute Gasteiger partial charge is 0.252 e. The Bertz CT molecular complexity index is 465. The molecule has 3 nitrogen and oxygen atoms in total. The first-order chi connectivity index (χ1) is 9.11. The van der Waals surface area contributed by atoms with Crippen molar-refractivity contribution in [2.75, 3.05) is 7.11 Å². The van der Waals surface area contributed by atoms with Crippen LogP contribution in [0.3, 0.4) is 0 Å². The highest BCUT2D eigenvalue weighted by atomic mass is 79.9. The van der Waals surface area contributed by atoms with Crippen molar-refractivity contribution < 1.29 is 9.53 Å². The molecule has 0 saturated heterocycles. The van der Waals surface area contributed by atoms with Gasteiger partial charge in [-0.15, -0.1) is 0 Å². The first-order valence-corrected chi connectivity index (χ1v) is 8.11. The molecule has 0 bridgehead atoms. The number of carbonyl (C=O) groups excluding carboxylic acids is 1. The van der Waals surface area contributed by atoms with Crippen LogP contribution in [0.15, 0.2) is 22.7 Å². The Labute approximate surface area is 130 Å². The van der Waals surface area contributed by atoms with Crippen LogP contribution < -0.4 is 10.1 Å². The van der Waals surface area contributed by atoms with Gasteiger partial charge in [-0.25, -0.2) is 0 Å². The third kappa shape index (κ3) is 3.72. The molecule has 0 heterocycles. The second-order valence-electron chi connectivity index (χ2n) is 4.73. The highest BCUT2D eigenvalue weighted by Crippen LogP contribution is 2.26. The molecular weight excluding hydrogens is 374 g/mol. The predicted octanol–water partition coefficient (Wildman–Crippen LogP) is 3.89. The number of amides is 1. The third-order valence-electron chi connectivity index (χ3n) is 3.42. The predicted molar refractivity (Wildman–Crippen MR) is 83.1 cm³/mol. The Balaban J connectivity index is 2.10. The zero-order valence-corrected chi connectivity index (χ0v) is 14.0. The van der Waals surface area contributed by atoms with Gasteiger partial charge in [-0.2, -0.15) is 0 Å². The fourth-order valence-electron chi connectivity index (χ4n) is 2.30. The van der Waals surface area contributed by atoms with Gasteiger partial charge in [-0.3, -0.25) is 4.79 Å². The van der Waals surface area contributed by atoms with Crippen molar-refractivity contribution in [1.82, 2.24) is 5.32 Å². The minimum Gasteiger partial charge on any atom is -0.497 e. The van der Waals surface area contributed by atoms with Gasteiger partial charge in [0.2, 0.25) is 0 Å². The van der Waals surface area contributed by atoms with Crippen molar-refractivity contribution >= 4 is 37.8 Å². The molecular formula is C14H17Br2NO2. The molecule has 2 atom stereocenters. The summed E-state index contributed by atoms with van der Waals surface area (Å²) < 4.78 is 5.95. The lowest BCUT2D eigenvalue weighted by Crippen LogP contribution is -2.42.